The third kappa shape index (κ3) is 21.1. The van der Waals surface area contributed by atoms with Crippen molar-refractivity contribution in [2.45, 2.75) is 18.4 Å². The highest BCUT2D eigenvalue weighted by atomic mass is 35.5. The maximum Gasteiger partial charge on any atom is 0.414 e. The van der Waals surface area contributed by atoms with Crippen molar-refractivity contribution in [2.75, 3.05) is 0 Å². The second-order valence-electron chi connectivity index (χ2n) is 3.33. The quantitative estimate of drug-likeness (QED) is 0.154. The molecule has 7 N–H and O–H groups in total. The van der Waals surface area contributed by atoms with E-state index in [2.05, 4.69) is 0 Å². The Hall–Kier alpha value is -3.20. The van der Waals surface area contributed by atoms with Gasteiger partial charge >= 0.3 is 29.8 Å². The number of hydrogen-bond acceptors (Lipinski definition) is 8. The van der Waals surface area contributed by atoms with Crippen LogP contribution in [-0.2, 0) is 24.0 Å². The number of nitrogens with zero attached hydrogens (tertiary/aromatic N) is 1. The molecule has 0 fully saturated rings. The molecule has 140 valence electrons. The summed E-state index contributed by atoms with van der Waals surface area (Å²) in [6, 6.07) is 0. The van der Waals surface area contributed by atoms with Crippen LogP contribution >= 0.6 is 12.4 Å². The third-order valence-electron chi connectivity index (χ3n) is 1.47. The molecule has 0 unspecified atom stereocenters. The first kappa shape index (κ1) is 28.9. The van der Waals surface area contributed by atoms with Crippen molar-refractivity contribution in [3.05, 3.63) is 10.1 Å². The summed E-state index contributed by atoms with van der Waals surface area (Å²) in [6.45, 7) is 0. The molecule has 0 bridgehead atoms. The summed E-state index contributed by atoms with van der Waals surface area (Å²) >= 11 is 0. The van der Waals surface area contributed by atoms with Crippen LogP contribution in [0.3, 0.4) is 0 Å². The van der Waals surface area contributed by atoms with Crippen molar-refractivity contribution in [2.24, 2.45) is 0 Å². The van der Waals surface area contributed by atoms with E-state index >= 15 is 0 Å². The zero-order valence-electron chi connectivity index (χ0n) is 11.3. The van der Waals surface area contributed by atoms with Crippen LogP contribution in [-0.4, -0.2) is 76.4 Å². The fourth-order valence-electron chi connectivity index (χ4n) is 0.714. The molecule has 0 amide bonds. The fourth-order valence-corrected chi connectivity index (χ4v) is 0.714. The van der Waals surface area contributed by atoms with Gasteiger partial charge in [-0.25, -0.2) is 14.4 Å². The highest BCUT2D eigenvalue weighted by Gasteiger charge is 2.40. The van der Waals surface area contributed by atoms with Gasteiger partial charge < -0.3 is 35.8 Å². The number of hydrogen-bond donors (Lipinski definition) is 7. The molecule has 0 rings (SSSR count). The number of carboxylic acids is 5. The maximum atomic E-state index is 10.3. The summed E-state index contributed by atoms with van der Waals surface area (Å²) in [5.74, 6) is -8.67. The molecular formula is C8H12ClNO14. The largest absolute Gasteiger partial charge is 0.481 e. The molecule has 24 heavy (non-hydrogen) atoms. The van der Waals surface area contributed by atoms with Crippen LogP contribution in [0.2, 0.25) is 0 Å². The van der Waals surface area contributed by atoms with Crippen LogP contribution in [0.4, 0.5) is 0 Å². The Bertz CT molecular complexity index is 455. The molecule has 0 aromatic rings. The molecule has 0 heterocycles. The van der Waals surface area contributed by atoms with Crippen LogP contribution in [0.25, 0.3) is 0 Å². The van der Waals surface area contributed by atoms with Gasteiger partial charge in [0.05, 0.1) is 12.8 Å². The van der Waals surface area contributed by atoms with Crippen molar-refractivity contribution in [3.8, 4) is 0 Å². The Morgan fingerprint density at radius 2 is 1.04 bits per heavy atom. The number of carbonyl (C=O) groups is 5. The predicted octanol–water partition coefficient (Wildman–Crippen LogP) is -2.02. The van der Waals surface area contributed by atoms with Crippen molar-refractivity contribution in [3.63, 3.8) is 0 Å². The first-order chi connectivity index (χ1) is 10.2. The molecule has 0 aliphatic heterocycles. The lowest BCUT2D eigenvalue weighted by Gasteiger charge is -2.18. The van der Waals surface area contributed by atoms with E-state index in [1.165, 1.54) is 0 Å². The van der Waals surface area contributed by atoms with E-state index in [-0.39, 0.29) is 12.4 Å². The van der Waals surface area contributed by atoms with Gasteiger partial charge in [0.25, 0.3) is 5.09 Å². The summed E-state index contributed by atoms with van der Waals surface area (Å²) in [5.41, 5.74) is -2.74. The van der Waals surface area contributed by atoms with Crippen LogP contribution in [0.1, 0.15) is 12.8 Å². The van der Waals surface area contributed by atoms with Gasteiger partial charge in [-0.1, -0.05) is 0 Å². The number of aliphatic hydroxyl groups is 1. The average molecular weight is 382 g/mol. The standard InChI is InChI=1S/C6H8O7.C2H2O4.ClH.HNO3/c7-3(8)1-6(13,5(11)12)2-4(9)10;3-1(4)2(5)6;;2-1(3)4/h13H,1-2H2,(H,7,8)(H,9,10)(H,11,12);(H,3,4)(H,5,6);1H;(H,2,3,4). The molecule has 0 saturated heterocycles. The minimum Gasteiger partial charge on any atom is -0.481 e. The van der Waals surface area contributed by atoms with E-state index in [1.807, 2.05) is 0 Å². The van der Waals surface area contributed by atoms with Crippen LogP contribution < -0.4 is 0 Å². The molecule has 0 radical (unpaired) electrons. The maximum absolute atomic E-state index is 10.3. The van der Waals surface area contributed by atoms with Gasteiger partial charge in [-0.2, -0.15) is 0 Å². The average Bonchev–Trinajstić information content (AvgIpc) is 2.25. The zero-order chi connectivity index (χ0) is 19.4. The molecule has 0 atom stereocenters. The number of aliphatic carboxylic acids is 5. The minimum absolute atomic E-state index is 0. The smallest absolute Gasteiger partial charge is 0.414 e. The summed E-state index contributed by atoms with van der Waals surface area (Å²) in [7, 11) is 0. The molecule has 0 aromatic heterocycles. The van der Waals surface area contributed by atoms with Crippen LogP contribution in [0.15, 0.2) is 0 Å². The molecule has 0 spiro atoms. The van der Waals surface area contributed by atoms with E-state index in [1.54, 1.807) is 0 Å². The normalized spacial score (nSPS) is 8.71. The van der Waals surface area contributed by atoms with Gasteiger partial charge in [-0.15, -0.1) is 22.5 Å². The fraction of sp³-hybridized carbons (Fsp3) is 0.375. The number of rotatable bonds is 5. The molecule has 0 aliphatic rings. The second-order valence-corrected chi connectivity index (χ2v) is 3.33. The SMILES string of the molecule is Cl.O=C(O)C(=O)O.O=C(O)CC(O)(CC(=O)O)C(=O)O.O=[N+]([O-])O. The van der Waals surface area contributed by atoms with E-state index in [9.17, 15) is 14.4 Å². The molecular weight excluding hydrogens is 370 g/mol. The Morgan fingerprint density at radius 1 is 0.833 bits per heavy atom. The van der Waals surface area contributed by atoms with Gasteiger partial charge in [0.15, 0.2) is 5.60 Å². The minimum atomic E-state index is -2.74. The highest BCUT2D eigenvalue weighted by Crippen LogP contribution is 2.15. The summed E-state index contributed by atoms with van der Waals surface area (Å²) in [4.78, 5) is 57.0. The summed E-state index contributed by atoms with van der Waals surface area (Å²) in [5, 5.41) is 62.2. The monoisotopic (exact) mass is 381 g/mol. The second kappa shape index (κ2) is 13.5. The van der Waals surface area contributed by atoms with E-state index < -0.39 is 53.4 Å². The number of carboxylic acid groups (broad SMARTS) is 5. The summed E-state index contributed by atoms with van der Waals surface area (Å²) < 4.78 is 0. The Morgan fingerprint density at radius 3 is 1.12 bits per heavy atom. The lowest BCUT2D eigenvalue weighted by Crippen LogP contribution is -2.42. The highest BCUT2D eigenvalue weighted by molar-refractivity contribution is 6.27. The van der Waals surface area contributed by atoms with Crippen LogP contribution in [0, 0.1) is 10.1 Å². The topological polar surface area (TPSA) is 270 Å². The zero-order valence-corrected chi connectivity index (χ0v) is 12.1. The van der Waals surface area contributed by atoms with Crippen molar-refractivity contribution in [1.82, 2.24) is 0 Å². The Labute approximate surface area is 136 Å². The summed E-state index contributed by atoms with van der Waals surface area (Å²) in [6.07, 6.45) is -2.29. The van der Waals surface area contributed by atoms with Crippen molar-refractivity contribution < 1.29 is 64.9 Å². The molecule has 0 aromatic carbocycles. The van der Waals surface area contributed by atoms with Crippen LogP contribution in [0.5, 0.6) is 0 Å². The first-order valence-corrected chi connectivity index (χ1v) is 4.84. The van der Waals surface area contributed by atoms with Gasteiger partial charge in [-0.05, 0) is 0 Å². The lowest BCUT2D eigenvalue weighted by atomic mass is 9.96. The Kier molecular flexibility index (Phi) is 16.2. The molecule has 0 saturated carbocycles. The lowest BCUT2D eigenvalue weighted by molar-refractivity contribution is -0.742. The van der Waals surface area contributed by atoms with E-state index in [4.69, 9.17) is 55.5 Å². The Balaban J connectivity index is -0.000000152. The third-order valence-corrected chi connectivity index (χ3v) is 1.47. The van der Waals surface area contributed by atoms with Gasteiger partial charge in [-0.3, -0.25) is 9.59 Å². The van der Waals surface area contributed by atoms with Crippen molar-refractivity contribution >= 4 is 42.3 Å². The van der Waals surface area contributed by atoms with Crippen molar-refractivity contribution in [1.29, 1.82) is 0 Å². The number of halogens is 1. The molecule has 15 nitrogen and oxygen atoms in total. The first-order valence-electron chi connectivity index (χ1n) is 4.84. The van der Waals surface area contributed by atoms with Gasteiger partial charge in [0, 0.05) is 0 Å². The molecule has 0 aliphatic carbocycles. The predicted molar refractivity (Wildman–Crippen MR) is 68.4 cm³/mol. The van der Waals surface area contributed by atoms with E-state index in [0.717, 1.165) is 0 Å². The molecule has 16 heteroatoms. The van der Waals surface area contributed by atoms with Gasteiger partial charge in [0.1, 0.15) is 0 Å². The van der Waals surface area contributed by atoms with E-state index in [0.29, 0.717) is 0 Å². The van der Waals surface area contributed by atoms with Gasteiger partial charge in [0.2, 0.25) is 0 Å².